The molecule has 0 spiro atoms. The van der Waals surface area contributed by atoms with Crippen molar-refractivity contribution in [1.29, 1.82) is 0 Å². The van der Waals surface area contributed by atoms with Gasteiger partial charge in [-0.3, -0.25) is 4.79 Å². The molecule has 2 atom stereocenters. The van der Waals surface area contributed by atoms with Crippen LogP contribution in [0.1, 0.15) is 25.3 Å². The summed E-state index contributed by atoms with van der Waals surface area (Å²) >= 11 is 0. The summed E-state index contributed by atoms with van der Waals surface area (Å²) in [4.78, 5) is 10.9. The Bertz CT molecular complexity index is 596. The normalized spacial score (nSPS) is 22.2. The Kier molecular flexibility index (Phi) is 4.97. The highest BCUT2D eigenvalue weighted by Gasteiger charge is 2.29. The van der Waals surface area contributed by atoms with E-state index >= 15 is 0 Å². The lowest BCUT2D eigenvalue weighted by Crippen LogP contribution is -2.35. The Hall–Kier alpha value is -1.44. The van der Waals surface area contributed by atoms with E-state index in [1.807, 2.05) is 6.92 Å². The number of sulfonamides is 1. The second kappa shape index (κ2) is 6.55. The van der Waals surface area contributed by atoms with Crippen LogP contribution in [-0.2, 0) is 24.3 Å². The molecule has 21 heavy (non-hydrogen) atoms. The fraction of sp³-hybridized carbons (Fsp3) is 0.500. The number of hydrogen-bond donors (Lipinski definition) is 1. The quantitative estimate of drug-likeness (QED) is 0.830. The molecule has 1 aliphatic rings. The summed E-state index contributed by atoms with van der Waals surface area (Å²) in [5, 5.41) is 0. The molecule has 116 valence electrons. The summed E-state index contributed by atoms with van der Waals surface area (Å²) in [6, 6.07) is 6.60. The Labute approximate surface area is 124 Å². The fourth-order valence-electron chi connectivity index (χ4n) is 2.08. The molecule has 6 nitrogen and oxygen atoms in total. The zero-order valence-corrected chi connectivity index (χ0v) is 12.9. The minimum Gasteiger partial charge on any atom is -0.463 e. The molecular weight excluding hydrogens is 294 g/mol. The molecule has 1 heterocycles. The molecule has 1 N–H and O–H groups in total. The highest BCUT2D eigenvalue weighted by Crippen LogP contribution is 2.20. The topological polar surface area (TPSA) is 81.7 Å². The zero-order valence-electron chi connectivity index (χ0n) is 12.0. The lowest BCUT2D eigenvalue weighted by Gasteiger charge is -2.15. The van der Waals surface area contributed by atoms with Gasteiger partial charge in [-0.15, -0.1) is 0 Å². The summed E-state index contributed by atoms with van der Waals surface area (Å²) in [6.45, 7) is 3.37. The van der Waals surface area contributed by atoms with Crippen molar-refractivity contribution in [3.05, 3.63) is 29.8 Å². The van der Waals surface area contributed by atoms with E-state index < -0.39 is 16.3 Å². The van der Waals surface area contributed by atoms with E-state index in [0.717, 1.165) is 5.56 Å². The second-order valence-electron chi connectivity index (χ2n) is 5.06. The molecule has 1 fully saturated rings. The number of carbonyl (C=O) groups excluding carboxylic acids is 1. The van der Waals surface area contributed by atoms with Crippen molar-refractivity contribution in [2.45, 2.75) is 43.9 Å². The predicted molar refractivity (Wildman–Crippen MR) is 76.0 cm³/mol. The van der Waals surface area contributed by atoms with Crippen molar-refractivity contribution >= 4 is 16.0 Å². The van der Waals surface area contributed by atoms with Gasteiger partial charge in [0, 0.05) is 6.92 Å². The van der Waals surface area contributed by atoms with Gasteiger partial charge in [0.25, 0.3) is 0 Å². The number of nitrogens with one attached hydrogen (secondary N) is 1. The molecule has 1 aliphatic heterocycles. The average Bonchev–Trinajstić information content (AvgIpc) is 2.84. The van der Waals surface area contributed by atoms with Crippen LogP contribution in [0.25, 0.3) is 0 Å². The molecule has 0 bridgehead atoms. The third-order valence-corrected chi connectivity index (χ3v) is 4.66. The van der Waals surface area contributed by atoms with Crippen LogP contribution in [0.4, 0.5) is 0 Å². The Balaban J connectivity index is 1.93. The van der Waals surface area contributed by atoms with Crippen LogP contribution in [0.2, 0.25) is 0 Å². The molecule has 1 aromatic carbocycles. The number of rotatable bonds is 5. The van der Waals surface area contributed by atoms with Gasteiger partial charge in [-0.2, -0.15) is 4.72 Å². The van der Waals surface area contributed by atoms with Crippen LogP contribution >= 0.6 is 0 Å². The molecule has 0 aliphatic carbocycles. The van der Waals surface area contributed by atoms with Crippen molar-refractivity contribution in [2.24, 2.45) is 0 Å². The van der Waals surface area contributed by atoms with Crippen LogP contribution in [0.3, 0.4) is 0 Å². The van der Waals surface area contributed by atoms with Gasteiger partial charge in [-0.05, 0) is 31.9 Å². The van der Waals surface area contributed by atoms with E-state index in [1.165, 1.54) is 6.92 Å². The van der Waals surface area contributed by atoms with Crippen molar-refractivity contribution in [1.82, 2.24) is 4.72 Å². The minimum absolute atomic E-state index is 0.151. The largest absolute Gasteiger partial charge is 0.463 e. The van der Waals surface area contributed by atoms with Crippen LogP contribution in [0.15, 0.2) is 29.2 Å². The summed E-state index contributed by atoms with van der Waals surface area (Å²) in [6.07, 6.45) is 0.349. The fourth-order valence-corrected chi connectivity index (χ4v) is 3.23. The maximum Gasteiger partial charge on any atom is 0.302 e. The number of ether oxygens (including phenoxy) is 2. The van der Waals surface area contributed by atoms with Crippen LogP contribution in [-0.4, -0.2) is 33.3 Å². The van der Waals surface area contributed by atoms with Crippen LogP contribution in [0.5, 0.6) is 0 Å². The van der Waals surface area contributed by atoms with Crippen LogP contribution < -0.4 is 4.72 Å². The Morgan fingerprint density at radius 3 is 2.62 bits per heavy atom. The molecule has 0 radical (unpaired) electrons. The number of esters is 1. The Morgan fingerprint density at radius 2 is 2.00 bits per heavy atom. The first kappa shape index (κ1) is 15.9. The zero-order chi connectivity index (χ0) is 15.5. The molecule has 1 saturated heterocycles. The van der Waals surface area contributed by atoms with E-state index in [-0.39, 0.29) is 23.6 Å². The smallest absolute Gasteiger partial charge is 0.302 e. The lowest BCUT2D eigenvalue weighted by atomic mass is 10.2. The monoisotopic (exact) mass is 313 g/mol. The average molecular weight is 313 g/mol. The van der Waals surface area contributed by atoms with Crippen molar-refractivity contribution in [2.75, 3.05) is 6.61 Å². The third kappa shape index (κ3) is 4.52. The van der Waals surface area contributed by atoms with Gasteiger partial charge in [0.2, 0.25) is 10.0 Å². The van der Waals surface area contributed by atoms with Gasteiger partial charge in [0.1, 0.15) is 12.8 Å². The van der Waals surface area contributed by atoms with Crippen molar-refractivity contribution in [3.63, 3.8) is 0 Å². The molecule has 0 aromatic heterocycles. The molecule has 0 amide bonds. The van der Waals surface area contributed by atoms with Gasteiger partial charge in [0.15, 0.2) is 0 Å². The number of aryl methyl sites for hydroxylation is 1. The van der Waals surface area contributed by atoms with E-state index in [4.69, 9.17) is 9.47 Å². The number of benzene rings is 1. The van der Waals surface area contributed by atoms with E-state index in [2.05, 4.69) is 4.72 Å². The van der Waals surface area contributed by atoms with Gasteiger partial charge in [0.05, 0.1) is 11.0 Å². The minimum atomic E-state index is -3.60. The standard InChI is InChI=1S/C14H19NO5S/c1-10-3-6-13(7-4-10)21(17,18)15-14-8-5-12(20-14)9-19-11(2)16/h3-4,6-7,12,14-15H,5,8-9H2,1-2H3. The number of carbonyl (C=O) groups is 1. The van der Waals surface area contributed by atoms with Gasteiger partial charge < -0.3 is 9.47 Å². The van der Waals surface area contributed by atoms with Gasteiger partial charge in [-0.1, -0.05) is 17.7 Å². The third-order valence-electron chi connectivity index (χ3n) is 3.20. The molecular formula is C14H19NO5S. The summed E-state index contributed by atoms with van der Waals surface area (Å²) in [7, 11) is -3.60. The van der Waals surface area contributed by atoms with E-state index in [9.17, 15) is 13.2 Å². The molecule has 2 unspecified atom stereocenters. The molecule has 2 rings (SSSR count). The van der Waals surface area contributed by atoms with Crippen LogP contribution in [0, 0.1) is 6.92 Å². The predicted octanol–water partition coefficient (Wildman–Crippen LogP) is 1.34. The van der Waals surface area contributed by atoms with Gasteiger partial charge >= 0.3 is 5.97 Å². The summed E-state index contributed by atoms with van der Waals surface area (Å²) < 4.78 is 37.3. The van der Waals surface area contributed by atoms with Gasteiger partial charge in [-0.25, -0.2) is 8.42 Å². The highest BCUT2D eigenvalue weighted by molar-refractivity contribution is 7.89. The number of hydrogen-bond acceptors (Lipinski definition) is 5. The Morgan fingerprint density at radius 1 is 1.33 bits per heavy atom. The SMILES string of the molecule is CC(=O)OCC1CCC(NS(=O)(=O)c2ccc(C)cc2)O1. The maximum absolute atomic E-state index is 12.2. The lowest BCUT2D eigenvalue weighted by molar-refractivity contribution is -0.145. The van der Waals surface area contributed by atoms with Crippen molar-refractivity contribution in [3.8, 4) is 0 Å². The maximum atomic E-state index is 12.2. The highest BCUT2D eigenvalue weighted by atomic mass is 32.2. The molecule has 7 heteroatoms. The first-order valence-corrected chi connectivity index (χ1v) is 8.23. The van der Waals surface area contributed by atoms with E-state index in [0.29, 0.717) is 12.8 Å². The van der Waals surface area contributed by atoms with Crippen molar-refractivity contribution < 1.29 is 22.7 Å². The molecule has 0 saturated carbocycles. The first-order valence-electron chi connectivity index (χ1n) is 6.74. The summed E-state index contributed by atoms with van der Waals surface area (Å²) in [5.41, 5.74) is 0.993. The summed E-state index contributed by atoms with van der Waals surface area (Å²) in [5.74, 6) is -0.373. The second-order valence-corrected chi connectivity index (χ2v) is 6.77. The van der Waals surface area contributed by atoms with E-state index in [1.54, 1.807) is 24.3 Å². The molecule has 1 aromatic rings. The first-order chi connectivity index (χ1) is 9.87.